The smallest absolute Gasteiger partial charge is 0.186 e. The van der Waals surface area contributed by atoms with Gasteiger partial charge in [0.25, 0.3) is 0 Å². The van der Waals surface area contributed by atoms with Gasteiger partial charge in [-0.2, -0.15) is 0 Å². The van der Waals surface area contributed by atoms with Crippen LogP contribution >= 0.6 is 11.8 Å². The Morgan fingerprint density at radius 2 is 2.12 bits per heavy atom. The Balaban J connectivity index is 2.06. The van der Waals surface area contributed by atoms with E-state index in [-0.39, 0.29) is 35.7 Å². The molecule has 0 fully saturated rings. The first-order chi connectivity index (χ1) is 12.0. The molecule has 2 atom stereocenters. The summed E-state index contributed by atoms with van der Waals surface area (Å²) in [6.45, 7) is 1.45. The minimum atomic E-state index is -1.56. The Morgan fingerprint density at radius 1 is 1.40 bits per heavy atom. The maximum atomic E-state index is 12.7. The number of carbonyl (C=O) groups is 2. The molecule has 0 spiro atoms. The lowest BCUT2D eigenvalue weighted by molar-refractivity contribution is -0.119. The van der Waals surface area contributed by atoms with E-state index in [1.165, 1.54) is 25.6 Å². The normalized spacial score (nSPS) is 17.7. The molecule has 2 unspecified atom stereocenters. The molecule has 0 aliphatic heterocycles. The summed E-state index contributed by atoms with van der Waals surface area (Å²) in [5, 5.41) is 9.19. The monoisotopic (exact) mass is 381 g/mol. The summed E-state index contributed by atoms with van der Waals surface area (Å²) in [5.74, 6) is -0.153. The minimum Gasteiger partial charge on any atom is -0.394 e. The van der Waals surface area contributed by atoms with Gasteiger partial charge in [0.2, 0.25) is 0 Å². The number of aromatic nitrogens is 2. The summed E-state index contributed by atoms with van der Waals surface area (Å²) >= 11 is 1.00. The van der Waals surface area contributed by atoms with Crippen molar-refractivity contribution in [2.75, 3.05) is 18.9 Å². The van der Waals surface area contributed by atoms with Crippen molar-refractivity contribution in [2.45, 2.75) is 18.2 Å². The molecular weight excluding hydrogens is 362 g/mol. The molecule has 25 heavy (non-hydrogen) atoms. The number of hydrogen-bond acceptors (Lipinski definition) is 7. The number of thioether (sulfide) groups is 1. The lowest BCUT2D eigenvalue weighted by Gasteiger charge is -2.26. The highest BCUT2D eigenvalue weighted by molar-refractivity contribution is 8.14. The van der Waals surface area contributed by atoms with Crippen molar-refractivity contribution in [3.05, 3.63) is 42.6 Å². The van der Waals surface area contributed by atoms with Crippen LogP contribution in [-0.2, 0) is 20.6 Å². The second kappa shape index (κ2) is 9.59. The summed E-state index contributed by atoms with van der Waals surface area (Å²) in [6, 6.07) is 0. The first-order valence-electron chi connectivity index (χ1n) is 7.62. The van der Waals surface area contributed by atoms with Crippen molar-refractivity contribution in [2.24, 2.45) is 5.92 Å². The second-order valence-corrected chi connectivity index (χ2v) is 7.79. The third kappa shape index (κ3) is 5.58. The number of ketones is 1. The number of aliphatic hydroxyl groups is 1. The number of Topliss-reactive ketones (excluding diaryl/α,β-unsaturated/α-hetero) is 1. The van der Waals surface area contributed by atoms with Crippen LogP contribution < -0.4 is 0 Å². The van der Waals surface area contributed by atoms with Crippen molar-refractivity contribution < 1.29 is 18.9 Å². The van der Waals surface area contributed by atoms with Crippen LogP contribution in [-0.4, -0.2) is 53.4 Å². The van der Waals surface area contributed by atoms with Crippen LogP contribution in [0.25, 0.3) is 0 Å². The fourth-order valence-corrected chi connectivity index (χ4v) is 3.90. The number of nitrogens with zero attached hydrogens (tertiary/aromatic N) is 3. The van der Waals surface area contributed by atoms with Crippen LogP contribution in [0.1, 0.15) is 13.3 Å². The zero-order valence-electron chi connectivity index (χ0n) is 13.7. The first-order valence-corrected chi connectivity index (χ1v) is 9.72. The Hall–Kier alpha value is -1.84. The van der Waals surface area contributed by atoms with Gasteiger partial charge in [-0.05, 0) is 12.5 Å². The summed E-state index contributed by atoms with van der Waals surface area (Å²) in [7, 11) is -1.56. The molecule has 7 nitrogen and oxygen atoms in total. The molecule has 9 heteroatoms. The predicted octanol–water partition coefficient (Wildman–Crippen LogP) is 1.10. The summed E-state index contributed by atoms with van der Waals surface area (Å²) in [4.78, 5) is 31.2. The maximum absolute atomic E-state index is 12.7. The third-order valence-electron chi connectivity index (χ3n) is 3.44. The second-order valence-electron chi connectivity index (χ2n) is 5.23. The molecule has 1 aromatic rings. The summed E-state index contributed by atoms with van der Waals surface area (Å²) < 4.78 is 14.2. The van der Waals surface area contributed by atoms with E-state index < -0.39 is 11.0 Å². The molecule has 1 aliphatic rings. The zero-order chi connectivity index (χ0) is 18.2. The predicted molar refractivity (Wildman–Crippen MR) is 95.7 cm³/mol. The fourth-order valence-electron chi connectivity index (χ4n) is 2.21. The largest absolute Gasteiger partial charge is 0.394 e. The SMILES string of the molecule is CC(=O)SCC(=O)C1C=CC(N(CCO)S(=O)c2cncnc2)=CC1. The van der Waals surface area contributed by atoms with Crippen LogP contribution in [0.4, 0.5) is 0 Å². The molecule has 1 aliphatic carbocycles. The molecule has 0 amide bonds. The van der Waals surface area contributed by atoms with Gasteiger partial charge in [-0.25, -0.2) is 14.2 Å². The lowest BCUT2D eigenvalue weighted by Crippen LogP contribution is -2.29. The summed E-state index contributed by atoms with van der Waals surface area (Å²) in [5.41, 5.74) is 0.666. The molecule has 0 radical (unpaired) electrons. The van der Waals surface area contributed by atoms with Gasteiger partial charge in [-0.3, -0.25) is 13.9 Å². The number of allylic oxidation sites excluding steroid dienone is 3. The molecule has 1 N–H and O–H groups in total. The molecule has 0 saturated heterocycles. The standard InChI is InChI=1S/C16H19N3O4S2/c1-12(21)24-10-16(22)13-2-4-14(5-3-13)19(6-7-20)25(23)15-8-17-11-18-9-15/h2,4-5,8-9,11,13,20H,3,6-7,10H2,1H3. The molecule has 0 bridgehead atoms. The molecular formula is C16H19N3O4S2. The van der Waals surface area contributed by atoms with Gasteiger partial charge in [0, 0.05) is 30.9 Å². The van der Waals surface area contributed by atoms with Gasteiger partial charge in [0.1, 0.15) is 12.1 Å². The zero-order valence-corrected chi connectivity index (χ0v) is 15.3. The van der Waals surface area contributed by atoms with Gasteiger partial charge in [-0.1, -0.05) is 23.9 Å². The van der Waals surface area contributed by atoms with Crippen molar-refractivity contribution in [1.29, 1.82) is 0 Å². The number of carbonyl (C=O) groups excluding carboxylic acids is 2. The van der Waals surface area contributed by atoms with Crippen molar-refractivity contribution in [1.82, 2.24) is 14.3 Å². The van der Waals surface area contributed by atoms with Gasteiger partial charge < -0.3 is 5.11 Å². The van der Waals surface area contributed by atoms with E-state index in [0.29, 0.717) is 17.0 Å². The Kier molecular flexibility index (Phi) is 7.48. The van der Waals surface area contributed by atoms with Crippen LogP contribution in [0.3, 0.4) is 0 Å². The van der Waals surface area contributed by atoms with E-state index in [9.17, 15) is 18.9 Å². The third-order valence-corrected chi connectivity index (χ3v) is 5.68. The fraction of sp³-hybridized carbons (Fsp3) is 0.375. The lowest BCUT2D eigenvalue weighted by atomic mass is 9.96. The molecule has 1 heterocycles. The van der Waals surface area contributed by atoms with Crippen molar-refractivity contribution in [3.63, 3.8) is 0 Å². The number of hydrogen-bond donors (Lipinski definition) is 1. The Morgan fingerprint density at radius 3 is 2.68 bits per heavy atom. The average molecular weight is 381 g/mol. The van der Waals surface area contributed by atoms with E-state index in [4.69, 9.17) is 0 Å². The highest BCUT2D eigenvalue weighted by Crippen LogP contribution is 2.24. The van der Waals surface area contributed by atoms with Crippen LogP contribution in [0, 0.1) is 5.92 Å². The van der Waals surface area contributed by atoms with Crippen LogP contribution in [0.15, 0.2) is 47.5 Å². The maximum Gasteiger partial charge on any atom is 0.186 e. The molecule has 134 valence electrons. The molecule has 0 aromatic carbocycles. The van der Waals surface area contributed by atoms with Crippen LogP contribution in [0.2, 0.25) is 0 Å². The highest BCUT2D eigenvalue weighted by Gasteiger charge is 2.22. The Labute approximate surface area is 152 Å². The molecule has 2 rings (SSSR count). The molecule has 0 saturated carbocycles. The van der Waals surface area contributed by atoms with E-state index in [0.717, 1.165) is 11.8 Å². The van der Waals surface area contributed by atoms with Gasteiger partial charge in [-0.15, -0.1) is 0 Å². The minimum absolute atomic E-state index is 0.0157. The number of aliphatic hydroxyl groups excluding tert-OH is 1. The van der Waals surface area contributed by atoms with E-state index in [1.807, 2.05) is 6.08 Å². The van der Waals surface area contributed by atoms with Gasteiger partial charge in [0.15, 0.2) is 16.1 Å². The quantitative estimate of drug-likeness (QED) is 0.720. The van der Waals surface area contributed by atoms with Crippen molar-refractivity contribution >= 4 is 33.6 Å². The first kappa shape index (κ1) is 19.5. The van der Waals surface area contributed by atoms with E-state index >= 15 is 0 Å². The summed E-state index contributed by atoms with van der Waals surface area (Å²) in [6.07, 6.45) is 10.0. The van der Waals surface area contributed by atoms with E-state index in [1.54, 1.807) is 16.5 Å². The van der Waals surface area contributed by atoms with E-state index in [2.05, 4.69) is 9.97 Å². The Bertz CT molecular complexity index is 707. The topological polar surface area (TPSA) is 100 Å². The highest BCUT2D eigenvalue weighted by atomic mass is 32.2. The molecule has 1 aromatic heterocycles. The number of rotatable bonds is 8. The van der Waals surface area contributed by atoms with Gasteiger partial charge in [0.05, 0.1) is 23.8 Å². The van der Waals surface area contributed by atoms with Crippen LogP contribution in [0.5, 0.6) is 0 Å². The van der Waals surface area contributed by atoms with Crippen molar-refractivity contribution in [3.8, 4) is 0 Å². The average Bonchev–Trinajstić information content (AvgIpc) is 2.64. The van der Waals surface area contributed by atoms with Gasteiger partial charge >= 0.3 is 0 Å².